The van der Waals surface area contributed by atoms with Gasteiger partial charge >= 0.3 is 56.0 Å². The molecule has 0 saturated heterocycles. The summed E-state index contributed by atoms with van der Waals surface area (Å²) in [5.74, 6) is -2.55. The van der Waals surface area contributed by atoms with E-state index in [1.54, 1.807) is 0 Å². The van der Waals surface area contributed by atoms with Gasteiger partial charge in [-0.1, -0.05) is 27.7 Å². The number of carbonyl (C=O) groups excluding carboxylic acids is 2. The molecular formula is C22H42CaN4O14S4. The average molecular weight is 755 g/mol. The van der Waals surface area contributed by atoms with Gasteiger partial charge in [-0.25, -0.2) is 0 Å². The van der Waals surface area contributed by atoms with Gasteiger partial charge in [0.2, 0.25) is 11.8 Å². The molecule has 2 atom stereocenters. The van der Waals surface area contributed by atoms with Gasteiger partial charge < -0.3 is 51.3 Å². The summed E-state index contributed by atoms with van der Waals surface area (Å²) in [6, 6.07) is 0. The molecule has 45 heavy (non-hydrogen) atoms. The molecule has 2 amide bonds. The van der Waals surface area contributed by atoms with Crippen molar-refractivity contribution in [2.75, 3.05) is 50.9 Å². The summed E-state index contributed by atoms with van der Waals surface area (Å²) >= 11 is 0. The molecule has 0 aromatic heterocycles. The number of nitrogens with one attached hydrogen (secondary N) is 2. The number of aliphatic imine (C=N–C) groups is 2. The van der Waals surface area contributed by atoms with Gasteiger partial charge in [0.15, 0.2) is 0 Å². The van der Waals surface area contributed by atoms with Gasteiger partial charge in [0.1, 0.15) is 6.10 Å². The first-order valence-electron chi connectivity index (χ1n) is 12.8. The molecule has 0 spiro atoms. The average Bonchev–Trinajstić information content (AvgIpc) is 2.91. The minimum atomic E-state index is -4.14. The second-order valence-electron chi connectivity index (χ2n) is 10.2. The zero-order chi connectivity index (χ0) is 34.8. The summed E-state index contributed by atoms with van der Waals surface area (Å²) in [6.45, 7) is 5.09. The molecule has 0 aromatic rings. The predicted octanol–water partition coefficient (Wildman–Crippen LogP) is -4.05. The fourth-order valence-corrected chi connectivity index (χ4v) is 4.93. The van der Waals surface area contributed by atoms with Gasteiger partial charge in [0.05, 0.1) is 19.3 Å². The fourth-order valence-electron chi connectivity index (χ4n) is 2.42. The van der Waals surface area contributed by atoms with Gasteiger partial charge in [-0.15, -0.1) is 0 Å². The zero-order valence-corrected chi connectivity index (χ0v) is 30.9. The molecule has 0 unspecified atom stereocenters. The Bertz CT molecular complexity index is 1170. The molecule has 0 aliphatic heterocycles. The van der Waals surface area contributed by atoms with Crippen LogP contribution >= 0.6 is 21.6 Å². The van der Waals surface area contributed by atoms with Crippen LogP contribution in [0.5, 0.6) is 0 Å². The maximum Gasteiger partial charge on any atom is 2.00 e. The Labute approximate surface area is 300 Å². The van der Waals surface area contributed by atoms with E-state index in [4.69, 9.17) is 19.3 Å². The van der Waals surface area contributed by atoms with E-state index in [2.05, 4.69) is 20.6 Å². The minimum Gasteiger partial charge on any atom is -0.862 e. The first-order valence-corrected chi connectivity index (χ1v) is 18.6. The van der Waals surface area contributed by atoms with Gasteiger partial charge in [-0.2, -0.15) is 16.8 Å². The van der Waals surface area contributed by atoms with Gasteiger partial charge in [-0.3, -0.25) is 18.7 Å². The van der Waals surface area contributed by atoms with Crippen molar-refractivity contribution in [1.82, 2.24) is 10.6 Å². The van der Waals surface area contributed by atoms with E-state index in [0.29, 0.717) is 10.8 Å². The van der Waals surface area contributed by atoms with Gasteiger partial charge in [-0.05, 0) is 39.8 Å². The first-order chi connectivity index (χ1) is 20.0. The summed E-state index contributed by atoms with van der Waals surface area (Å²) in [4.78, 5) is 30.0. The SMILES string of the molecule is CC(C)(CO)[C@@H](O)C(=O)NCCC(=O)NCCSS(=O)(=O)O.CC(C)(CO)[C@@H](O)C([O-])=NCCC([O-])=NCCSS(=O)(=O)O.[Ca+2]. The van der Waals surface area contributed by atoms with Crippen LogP contribution in [0.4, 0.5) is 0 Å². The number of hydrogen-bond donors (Lipinski definition) is 8. The van der Waals surface area contributed by atoms with Crippen molar-refractivity contribution in [2.24, 2.45) is 20.8 Å². The third kappa shape index (κ3) is 26.2. The topological polar surface area (TPSA) is 319 Å². The van der Waals surface area contributed by atoms with Crippen molar-refractivity contribution >= 4 is 101 Å². The summed E-state index contributed by atoms with van der Waals surface area (Å²) in [6.07, 6.45) is -3.06. The second kappa shape index (κ2) is 23.8. The summed E-state index contributed by atoms with van der Waals surface area (Å²) < 4.78 is 58.5. The summed E-state index contributed by atoms with van der Waals surface area (Å²) in [7, 11) is -7.70. The molecule has 23 heteroatoms. The Morgan fingerprint density at radius 2 is 1.27 bits per heavy atom. The maximum atomic E-state index is 11.6. The quantitative estimate of drug-likeness (QED) is 0.0146. The molecule has 18 nitrogen and oxygen atoms in total. The molecule has 0 fully saturated rings. The van der Waals surface area contributed by atoms with Gasteiger partial charge in [0.25, 0.3) is 0 Å². The van der Waals surface area contributed by atoms with E-state index < -0.39 is 71.6 Å². The molecule has 0 aliphatic carbocycles. The molecule has 0 bridgehead atoms. The Morgan fingerprint density at radius 1 is 0.778 bits per heavy atom. The van der Waals surface area contributed by atoms with E-state index in [-0.39, 0.29) is 106 Å². The van der Waals surface area contributed by atoms with Crippen LogP contribution in [0.2, 0.25) is 0 Å². The normalized spacial score (nSPS) is 14.4. The molecular weight excluding hydrogens is 713 g/mol. The Kier molecular flexibility index (Phi) is 25.8. The van der Waals surface area contributed by atoms with Crippen molar-refractivity contribution in [1.29, 1.82) is 0 Å². The van der Waals surface area contributed by atoms with Crippen molar-refractivity contribution in [3.05, 3.63) is 0 Å². The molecule has 0 aliphatic rings. The standard InChI is InChI=1S/2C11H22N2O7S2.Ca/c2*1-11(2,7-14)9(16)10(17)13-4-3-8(15)12-5-6-21-22(18,19)20;/h2*9,14,16H,3-7H2,1-2H3,(H,12,15)(H,13,17)(H,18,19,20);/q;;+2/p-2/t2*9-;/m00./s1. The molecule has 0 saturated carbocycles. The van der Waals surface area contributed by atoms with Crippen molar-refractivity contribution in [2.45, 2.75) is 52.7 Å². The zero-order valence-electron chi connectivity index (χ0n) is 25.4. The summed E-state index contributed by atoms with van der Waals surface area (Å²) in [5.41, 5.74) is -2.01. The van der Waals surface area contributed by atoms with E-state index in [9.17, 15) is 46.9 Å². The molecule has 8 N–H and O–H groups in total. The van der Waals surface area contributed by atoms with E-state index in [0.717, 1.165) is 0 Å². The Hall–Kier alpha value is -0.500. The van der Waals surface area contributed by atoms with Crippen LogP contribution in [-0.2, 0) is 27.9 Å². The number of nitrogens with zero attached hydrogens (tertiary/aromatic N) is 2. The Balaban J connectivity index is -0.000000767. The number of rotatable bonds is 20. The third-order valence-electron chi connectivity index (χ3n) is 5.29. The van der Waals surface area contributed by atoms with Crippen molar-refractivity contribution < 1.29 is 66.2 Å². The largest absolute Gasteiger partial charge is 2.00 e. The van der Waals surface area contributed by atoms with Gasteiger partial charge in [0, 0.05) is 54.9 Å². The number of carbonyl (C=O) groups is 2. The van der Waals surface area contributed by atoms with Crippen LogP contribution in [0.3, 0.4) is 0 Å². The number of amides is 2. The molecule has 260 valence electrons. The molecule has 0 radical (unpaired) electrons. The second-order valence-corrected chi connectivity index (χ2v) is 17.2. The van der Waals surface area contributed by atoms with Crippen molar-refractivity contribution in [3.8, 4) is 0 Å². The van der Waals surface area contributed by atoms with E-state index >= 15 is 0 Å². The number of hydrogen-bond acceptors (Lipinski definition) is 16. The number of aliphatic hydroxyl groups is 4. The van der Waals surface area contributed by atoms with Crippen LogP contribution in [0.1, 0.15) is 40.5 Å². The van der Waals surface area contributed by atoms with Crippen LogP contribution < -0.4 is 20.8 Å². The Morgan fingerprint density at radius 3 is 1.76 bits per heavy atom. The smallest absolute Gasteiger partial charge is 0.862 e. The van der Waals surface area contributed by atoms with Crippen LogP contribution in [0, 0.1) is 10.8 Å². The van der Waals surface area contributed by atoms with E-state index in [1.807, 2.05) is 0 Å². The predicted molar refractivity (Wildman–Crippen MR) is 167 cm³/mol. The maximum absolute atomic E-state index is 11.6. The van der Waals surface area contributed by atoms with E-state index in [1.165, 1.54) is 27.7 Å². The molecule has 0 heterocycles. The summed E-state index contributed by atoms with van der Waals surface area (Å²) in [5, 5.41) is 65.0. The number of aliphatic hydroxyl groups excluding tert-OH is 4. The third-order valence-corrected chi connectivity index (χ3v) is 9.39. The first kappa shape index (κ1) is 48.9. The molecule has 0 aromatic carbocycles. The van der Waals surface area contributed by atoms with Crippen LogP contribution in [0.15, 0.2) is 9.98 Å². The van der Waals surface area contributed by atoms with Crippen molar-refractivity contribution in [3.63, 3.8) is 0 Å². The monoisotopic (exact) mass is 754 g/mol. The molecule has 0 rings (SSSR count). The van der Waals surface area contributed by atoms with Crippen LogP contribution in [0.25, 0.3) is 0 Å². The van der Waals surface area contributed by atoms with Crippen LogP contribution in [-0.4, -0.2) is 171 Å². The minimum absolute atomic E-state index is 0. The fraction of sp³-hybridized carbons (Fsp3) is 0.818.